The third-order valence-electron chi connectivity index (χ3n) is 2.56. The van der Waals surface area contributed by atoms with Gasteiger partial charge in [-0.25, -0.2) is 0 Å². The van der Waals surface area contributed by atoms with E-state index in [1.54, 1.807) is 0 Å². The number of allylic oxidation sites excluding steroid dienone is 6. The largest absolute Gasteiger partial charge is 0.0799 e. The van der Waals surface area contributed by atoms with Crippen molar-refractivity contribution in [3.63, 3.8) is 0 Å². The molecule has 0 heterocycles. The fourth-order valence-corrected chi connectivity index (χ4v) is 1.71. The van der Waals surface area contributed by atoms with Crippen LogP contribution in [0.3, 0.4) is 0 Å². The number of hydrogen-bond donors (Lipinski definition) is 0. The number of benzene rings is 1. The third-order valence-corrected chi connectivity index (χ3v) is 2.56. The van der Waals surface area contributed by atoms with Gasteiger partial charge in [-0.3, -0.25) is 0 Å². The van der Waals surface area contributed by atoms with E-state index in [4.69, 9.17) is 0 Å². The zero-order chi connectivity index (χ0) is 10.5. The highest BCUT2D eigenvalue weighted by atomic mass is 14.1. The van der Waals surface area contributed by atoms with Crippen molar-refractivity contribution < 1.29 is 0 Å². The van der Waals surface area contributed by atoms with E-state index in [9.17, 15) is 0 Å². The molecule has 0 saturated heterocycles. The number of rotatable bonds is 2. The average Bonchev–Trinajstić information content (AvgIpc) is 2.31. The molecule has 0 nitrogen and oxygen atoms in total. The molecule has 1 radical (unpaired) electrons. The maximum atomic E-state index is 2.29. The molecule has 1 aromatic rings. The SMILES string of the molecule is C/C(=C/C1[CH]C=CC=C1)c1ccccc1. The Kier molecular flexibility index (Phi) is 3.18. The summed E-state index contributed by atoms with van der Waals surface area (Å²) in [5, 5.41) is 0. The van der Waals surface area contributed by atoms with Crippen LogP contribution in [0.25, 0.3) is 5.57 Å². The molecule has 75 valence electrons. The van der Waals surface area contributed by atoms with Crippen LogP contribution in [-0.4, -0.2) is 0 Å². The zero-order valence-corrected chi connectivity index (χ0v) is 8.93. The highest BCUT2D eigenvalue weighted by Gasteiger charge is 2.03. The molecular weight excluding hydrogens is 180 g/mol. The minimum atomic E-state index is 0.440. The van der Waals surface area contributed by atoms with E-state index in [0.717, 1.165) is 0 Å². The molecule has 1 aliphatic carbocycles. The van der Waals surface area contributed by atoms with Gasteiger partial charge in [0.25, 0.3) is 0 Å². The van der Waals surface area contributed by atoms with Crippen molar-refractivity contribution in [2.75, 3.05) is 0 Å². The summed E-state index contributed by atoms with van der Waals surface area (Å²) in [6, 6.07) is 10.5. The highest BCUT2D eigenvalue weighted by Crippen LogP contribution is 2.19. The molecule has 1 aliphatic rings. The van der Waals surface area contributed by atoms with Crippen molar-refractivity contribution in [2.45, 2.75) is 6.92 Å². The lowest BCUT2D eigenvalue weighted by Crippen LogP contribution is -1.94. The Hall–Kier alpha value is -1.56. The lowest BCUT2D eigenvalue weighted by molar-refractivity contribution is 0.989. The number of hydrogen-bond acceptors (Lipinski definition) is 0. The summed E-state index contributed by atoms with van der Waals surface area (Å²) in [5.74, 6) is 0.440. The summed E-state index contributed by atoms with van der Waals surface area (Å²) in [6.07, 6.45) is 12.9. The summed E-state index contributed by atoms with van der Waals surface area (Å²) >= 11 is 0. The maximum absolute atomic E-state index is 2.29. The molecule has 0 spiro atoms. The Balaban J connectivity index is 2.14. The van der Waals surface area contributed by atoms with Gasteiger partial charge in [-0.1, -0.05) is 60.7 Å². The molecule has 0 heteroatoms. The normalized spacial score (nSPS) is 20.6. The minimum absolute atomic E-state index is 0.440. The van der Waals surface area contributed by atoms with Gasteiger partial charge < -0.3 is 0 Å². The summed E-state index contributed by atoms with van der Waals surface area (Å²) in [5.41, 5.74) is 2.63. The predicted octanol–water partition coefficient (Wildman–Crippen LogP) is 4.04. The molecule has 0 aliphatic heterocycles. The molecule has 0 fully saturated rings. The van der Waals surface area contributed by atoms with Crippen molar-refractivity contribution in [3.05, 3.63) is 72.7 Å². The zero-order valence-electron chi connectivity index (χ0n) is 8.93. The first kappa shape index (κ1) is 9.97. The summed E-state index contributed by atoms with van der Waals surface area (Å²) in [4.78, 5) is 0. The van der Waals surface area contributed by atoms with Gasteiger partial charge in [0.2, 0.25) is 0 Å². The van der Waals surface area contributed by atoms with E-state index in [0.29, 0.717) is 5.92 Å². The first-order valence-electron chi connectivity index (χ1n) is 5.28. The second-order valence-corrected chi connectivity index (χ2v) is 3.76. The molecule has 1 aromatic carbocycles. The standard InChI is InChI=1S/C15H15/c1-13(15-10-6-3-7-11-15)12-14-8-4-2-5-9-14/h2-12,14H,1H3/b13-12-. The van der Waals surface area contributed by atoms with Crippen LogP contribution < -0.4 is 0 Å². The van der Waals surface area contributed by atoms with Gasteiger partial charge in [-0.05, 0) is 24.5 Å². The molecule has 15 heavy (non-hydrogen) atoms. The van der Waals surface area contributed by atoms with E-state index in [1.165, 1.54) is 11.1 Å². The maximum Gasteiger partial charge on any atom is 0.00245 e. The monoisotopic (exact) mass is 195 g/mol. The Morgan fingerprint density at radius 1 is 1.07 bits per heavy atom. The minimum Gasteiger partial charge on any atom is -0.0799 e. The smallest absolute Gasteiger partial charge is 0.00245 e. The molecular formula is C15H15. The van der Waals surface area contributed by atoms with E-state index in [1.807, 2.05) is 6.07 Å². The first-order valence-corrected chi connectivity index (χ1v) is 5.28. The van der Waals surface area contributed by atoms with Gasteiger partial charge in [0, 0.05) is 5.92 Å². The van der Waals surface area contributed by atoms with Crippen LogP contribution in [-0.2, 0) is 0 Å². The van der Waals surface area contributed by atoms with Crippen LogP contribution in [0.4, 0.5) is 0 Å². The van der Waals surface area contributed by atoms with Gasteiger partial charge in [-0.2, -0.15) is 0 Å². The van der Waals surface area contributed by atoms with Gasteiger partial charge in [0.05, 0.1) is 0 Å². The van der Waals surface area contributed by atoms with Crippen molar-refractivity contribution in [1.82, 2.24) is 0 Å². The molecule has 2 rings (SSSR count). The average molecular weight is 195 g/mol. The highest BCUT2D eigenvalue weighted by molar-refractivity contribution is 5.64. The van der Waals surface area contributed by atoms with E-state index in [-0.39, 0.29) is 0 Å². The van der Waals surface area contributed by atoms with Crippen LogP contribution in [0.2, 0.25) is 0 Å². The molecule has 0 N–H and O–H groups in total. The van der Waals surface area contributed by atoms with E-state index < -0.39 is 0 Å². The summed E-state index contributed by atoms with van der Waals surface area (Å²) in [7, 11) is 0. The third kappa shape index (κ3) is 2.69. The van der Waals surface area contributed by atoms with Crippen molar-refractivity contribution in [3.8, 4) is 0 Å². The second kappa shape index (κ2) is 4.79. The van der Waals surface area contributed by atoms with Crippen LogP contribution in [0, 0.1) is 12.3 Å². The fraction of sp³-hybridized carbons (Fsp3) is 0.133. The molecule has 0 amide bonds. The molecule has 1 unspecified atom stereocenters. The second-order valence-electron chi connectivity index (χ2n) is 3.76. The van der Waals surface area contributed by atoms with Gasteiger partial charge in [0.15, 0.2) is 0 Å². The molecule has 0 bridgehead atoms. The summed E-state index contributed by atoms with van der Waals surface area (Å²) in [6.45, 7) is 2.16. The van der Waals surface area contributed by atoms with Crippen LogP contribution in [0.1, 0.15) is 12.5 Å². The van der Waals surface area contributed by atoms with Gasteiger partial charge in [-0.15, -0.1) is 0 Å². The Bertz CT molecular complexity index is 393. The lowest BCUT2D eigenvalue weighted by Gasteiger charge is -2.09. The Morgan fingerprint density at radius 3 is 2.53 bits per heavy atom. The van der Waals surface area contributed by atoms with Gasteiger partial charge in [0.1, 0.15) is 0 Å². The molecule has 1 atom stereocenters. The van der Waals surface area contributed by atoms with Crippen LogP contribution in [0.15, 0.2) is 60.7 Å². The topological polar surface area (TPSA) is 0 Å². The Labute approximate surface area is 91.6 Å². The van der Waals surface area contributed by atoms with Crippen LogP contribution in [0.5, 0.6) is 0 Å². The Morgan fingerprint density at radius 2 is 1.87 bits per heavy atom. The quantitative estimate of drug-likeness (QED) is 0.668. The lowest BCUT2D eigenvalue weighted by atomic mass is 9.96. The van der Waals surface area contributed by atoms with Crippen molar-refractivity contribution in [1.29, 1.82) is 0 Å². The van der Waals surface area contributed by atoms with Crippen molar-refractivity contribution in [2.24, 2.45) is 5.92 Å². The predicted molar refractivity (Wildman–Crippen MR) is 66.2 cm³/mol. The van der Waals surface area contributed by atoms with E-state index in [2.05, 4.69) is 68.0 Å². The molecule has 0 aromatic heterocycles. The van der Waals surface area contributed by atoms with Gasteiger partial charge >= 0.3 is 0 Å². The molecule has 0 saturated carbocycles. The van der Waals surface area contributed by atoms with E-state index >= 15 is 0 Å². The summed E-state index contributed by atoms with van der Waals surface area (Å²) < 4.78 is 0. The fourth-order valence-electron chi connectivity index (χ4n) is 1.71. The van der Waals surface area contributed by atoms with Crippen LogP contribution >= 0.6 is 0 Å². The first-order chi connectivity index (χ1) is 7.36. The van der Waals surface area contributed by atoms with Crippen molar-refractivity contribution >= 4 is 5.57 Å².